The minimum Gasteiger partial charge on any atom is -1.00 e. The zero-order valence-corrected chi connectivity index (χ0v) is 17.7. The van der Waals surface area contributed by atoms with Crippen molar-refractivity contribution in [3.05, 3.63) is 83.9 Å². The van der Waals surface area contributed by atoms with E-state index in [0.29, 0.717) is 0 Å². The second-order valence-electron chi connectivity index (χ2n) is 4.15. The summed E-state index contributed by atoms with van der Waals surface area (Å²) < 4.78 is 0. The van der Waals surface area contributed by atoms with Crippen LogP contribution < -0.4 is 34.0 Å². The van der Waals surface area contributed by atoms with Crippen LogP contribution in [0.1, 0.15) is 11.1 Å². The summed E-state index contributed by atoms with van der Waals surface area (Å²) in [5.74, 6) is 0. The SMILES string of the molecule is [Br-].[Br-].[Mg+2].[Mg+2].[c-]1ccccc1Cc1[c-]cc2ccccc2c1. The molecule has 98 valence electrons. The van der Waals surface area contributed by atoms with Crippen LogP contribution in [0.4, 0.5) is 0 Å². The van der Waals surface area contributed by atoms with Crippen molar-refractivity contribution in [1.29, 1.82) is 0 Å². The Morgan fingerprint density at radius 2 is 1.38 bits per heavy atom. The Morgan fingerprint density at radius 3 is 2.05 bits per heavy atom. The molecular weight excluding hydrogens is 413 g/mol. The van der Waals surface area contributed by atoms with E-state index in [9.17, 15) is 0 Å². The van der Waals surface area contributed by atoms with E-state index in [0.717, 1.165) is 6.42 Å². The molecule has 0 aliphatic heterocycles. The molecule has 3 aromatic carbocycles. The quantitative estimate of drug-likeness (QED) is 0.310. The molecule has 0 fully saturated rings. The first-order valence-electron chi connectivity index (χ1n) is 5.77. The summed E-state index contributed by atoms with van der Waals surface area (Å²) in [6.45, 7) is 0. The van der Waals surface area contributed by atoms with Gasteiger partial charge in [0.05, 0.1) is 0 Å². The number of benzene rings is 3. The monoisotopic (exact) mass is 422 g/mol. The number of fused-ring (bicyclic) bond motifs is 1. The number of hydrogen-bond acceptors (Lipinski definition) is 0. The van der Waals surface area contributed by atoms with Crippen molar-refractivity contribution in [3.63, 3.8) is 0 Å². The molecule has 0 unspecified atom stereocenters. The Labute approximate surface area is 179 Å². The summed E-state index contributed by atoms with van der Waals surface area (Å²) in [5, 5.41) is 2.52. The van der Waals surface area contributed by atoms with Gasteiger partial charge in [0.15, 0.2) is 0 Å². The first kappa shape index (κ1) is 23.7. The van der Waals surface area contributed by atoms with Gasteiger partial charge in [0.25, 0.3) is 0 Å². The van der Waals surface area contributed by atoms with Crippen molar-refractivity contribution < 1.29 is 34.0 Å². The molecule has 0 amide bonds. The molecule has 0 bridgehead atoms. The minimum absolute atomic E-state index is 0. The standard InChI is InChI=1S/C17H12.2BrH.2Mg/c1-2-6-14(7-3-1)12-15-10-11-16-8-4-5-9-17(16)13-15;;;;/h1-6,8-9,11,13H,12H2;2*1H;;/q-2;;;2*+2/p-2. The molecule has 0 aliphatic rings. The molecule has 3 aromatic rings. The number of halogens is 2. The molecule has 0 N–H and O–H groups in total. The summed E-state index contributed by atoms with van der Waals surface area (Å²) in [6.07, 6.45) is 0.895. The molecule has 0 nitrogen and oxygen atoms in total. The topological polar surface area (TPSA) is 0 Å². The van der Waals surface area contributed by atoms with E-state index in [4.69, 9.17) is 0 Å². The number of hydrogen-bond donors (Lipinski definition) is 0. The van der Waals surface area contributed by atoms with Gasteiger partial charge in [-0.1, -0.05) is 18.2 Å². The number of rotatable bonds is 2. The van der Waals surface area contributed by atoms with E-state index in [1.165, 1.54) is 21.9 Å². The van der Waals surface area contributed by atoms with E-state index in [2.05, 4.69) is 54.6 Å². The van der Waals surface area contributed by atoms with Gasteiger partial charge in [-0.25, -0.2) is 0 Å². The Balaban J connectivity index is 0. The fourth-order valence-corrected chi connectivity index (χ4v) is 2.02. The summed E-state index contributed by atoms with van der Waals surface area (Å²) in [6, 6.07) is 27.3. The first-order valence-corrected chi connectivity index (χ1v) is 5.77. The maximum absolute atomic E-state index is 3.34. The van der Waals surface area contributed by atoms with Crippen molar-refractivity contribution in [2.45, 2.75) is 6.42 Å². The van der Waals surface area contributed by atoms with Crippen molar-refractivity contribution in [2.75, 3.05) is 0 Å². The second kappa shape index (κ2) is 11.9. The van der Waals surface area contributed by atoms with E-state index < -0.39 is 0 Å². The van der Waals surface area contributed by atoms with Crippen LogP contribution in [-0.2, 0) is 6.42 Å². The van der Waals surface area contributed by atoms with Crippen LogP contribution in [-0.4, -0.2) is 46.1 Å². The zero-order valence-electron chi connectivity index (χ0n) is 11.7. The van der Waals surface area contributed by atoms with Crippen molar-refractivity contribution in [3.8, 4) is 0 Å². The molecule has 0 aromatic heterocycles. The van der Waals surface area contributed by atoms with E-state index in [1.54, 1.807) is 0 Å². The van der Waals surface area contributed by atoms with Crippen LogP contribution in [0.15, 0.2) is 60.7 Å². The molecular formula is C17H12Br2Mg2. The smallest absolute Gasteiger partial charge is 1.00 e. The fraction of sp³-hybridized carbons (Fsp3) is 0.0588. The molecule has 0 spiro atoms. The van der Waals surface area contributed by atoms with Gasteiger partial charge in [-0.3, -0.25) is 0 Å². The maximum Gasteiger partial charge on any atom is 2.00 e. The summed E-state index contributed by atoms with van der Waals surface area (Å²) in [7, 11) is 0. The second-order valence-corrected chi connectivity index (χ2v) is 4.15. The molecule has 0 radical (unpaired) electrons. The third-order valence-corrected chi connectivity index (χ3v) is 2.89. The van der Waals surface area contributed by atoms with Crippen LogP contribution in [0.3, 0.4) is 0 Å². The molecule has 0 aliphatic carbocycles. The van der Waals surface area contributed by atoms with E-state index >= 15 is 0 Å². The molecule has 0 atom stereocenters. The first-order chi connectivity index (χ1) is 8.42. The van der Waals surface area contributed by atoms with E-state index in [1.807, 2.05) is 18.2 Å². The van der Waals surface area contributed by atoms with Gasteiger partial charge in [-0.15, -0.1) is 16.8 Å². The van der Waals surface area contributed by atoms with Crippen LogP contribution in [0, 0.1) is 12.1 Å². The third-order valence-electron chi connectivity index (χ3n) is 2.89. The van der Waals surface area contributed by atoms with Gasteiger partial charge in [-0.05, 0) is 6.42 Å². The molecule has 0 saturated carbocycles. The summed E-state index contributed by atoms with van der Waals surface area (Å²) >= 11 is 0. The van der Waals surface area contributed by atoms with Crippen LogP contribution in [0.25, 0.3) is 10.8 Å². The Morgan fingerprint density at radius 1 is 0.714 bits per heavy atom. The zero-order chi connectivity index (χ0) is 11.5. The van der Waals surface area contributed by atoms with E-state index in [-0.39, 0.29) is 80.1 Å². The van der Waals surface area contributed by atoms with Crippen LogP contribution in [0.2, 0.25) is 0 Å². The Hall–Kier alpha value is 0.412. The van der Waals surface area contributed by atoms with Crippen molar-refractivity contribution in [2.24, 2.45) is 0 Å². The van der Waals surface area contributed by atoms with Crippen LogP contribution in [0.5, 0.6) is 0 Å². The third kappa shape index (κ3) is 6.59. The van der Waals surface area contributed by atoms with Gasteiger partial charge >= 0.3 is 46.1 Å². The van der Waals surface area contributed by atoms with Gasteiger partial charge in [0.2, 0.25) is 0 Å². The van der Waals surface area contributed by atoms with Crippen molar-refractivity contribution >= 4 is 56.9 Å². The Kier molecular flexibility index (Phi) is 13.4. The fourth-order valence-electron chi connectivity index (χ4n) is 2.02. The van der Waals surface area contributed by atoms with Gasteiger partial charge in [-0.2, -0.15) is 59.7 Å². The van der Waals surface area contributed by atoms with Gasteiger partial charge in [0.1, 0.15) is 0 Å². The summed E-state index contributed by atoms with van der Waals surface area (Å²) in [5.41, 5.74) is 2.42. The maximum atomic E-state index is 3.34. The normalized spacial score (nSPS) is 8.57. The minimum atomic E-state index is 0. The van der Waals surface area contributed by atoms with Gasteiger partial charge in [0, 0.05) is 0 Å². The van der Waals surface area contributed by atoms with Gasteiger partial charge < -0.3 is 34.0 Å². The Bertz CT molecular complexity index is 642. The average Bonchev–Trinajstić information content (AvgIpc) is 2.40. The molecule has 3 rings (SSSR count). The van der Waals surface area contributed by atoms with Crippen LogP contribution >= 0.6 is 0 Å². The predicted octanol–water partition coefficient (Wildman–Crippen LogP) is -2.72. The molecule has 0 saturated heterocycles. The molecule has 0 heterocycles. The predicted molar refractivity (Wildman–Crippen MR) is 82.4 cm³/mol. The average molecular weight is 425 g/mol. The van der Waals surface area contributed by atoms with Crippen molar-refractivity contribution in [1.82, 2.24) is 0 Å². The molecule has 4 heteroatoms. The largest absolute Gasteiger partial charge is 2.00 e. The summed E-state index contributed by atoms with van der Waals surface area (Å²) in [4.78, 5) is 0. The molecule has 21 heavy (non-hydrogen) atoms.